The maximum atomic E-state index is 11.2. The van der Waals surface area contributed by atoms with E-state index in [2.05, 4.69) is 5.32 Å². The van der Waals surface area contributed by atoms with Crippen molar-refractivity contribution in [2.45, 2.75) is 25.0 Å². The van der Waals surface area contributed by atoms with Gasteiger partial charge in [-0.2, -0.15) is 0 Å². The fraction of sp³-hybridized carbons (Fsp3) is 0.462. The first-order chi connectivity index (χ1) is 8.23. The Kier molecular flexibility index (Phi) is 5.59. The zero-order valence-corrected chi connectivity index (χ0v) is 10.9. The van der Waals surface area contributed by atoms with Crippen LogP contribution in [-0.2, 0) is 16.1 Å². The second kappa shape index (κ2) is 6.73. The van der Waals surface area contributed by atoms with E-state index in [0.29, 0.717) is 13.0 Å². The predicted octanol–water partition coefficient (Wildman–Crippen LogP) is 1.83. The highest BCUT2D eigenvalue weighted by atomic mass is 35.5. The highest BCUT2D eigenvalue weighted by Crippen LogP contribution is 2.20. The molecule has 0 bridgehead atoms. The molecule has 1 atom stereocenters. The van der Waals surface area contributed by atoms with Crippen LogP contribution < -0.4 is 5.32 Å². The van der Waals surface area contributed by atoms with E-state index in [9.17, 15) is 9.90 Å². The Bertz CT molecular complexity index is 377. The van der Waals surface area contributed by atoms with Crippen LogP contribution in [0.3, 0.4) is 0 Å². The van der Waals surface area contributed by atoms with E-state index in [0.717, 1.165) is 18.5 Å². The first kappa shape index (κ1) is 15.0. The van der Waals surface area contributed by atoms with Crippen molar-refractivity contribution in [2.24, 2.45) is 0 Å². The Labute approximate surface area is 113 Å². The number of carboxylic acid groups (broad SMARTS) is 1. The van der Waals surface area contributed by atoms with Gasteiger partial charge in [0.2, 0.25) is 0 Å². The number of nitrogens with one attached hydrogen (secondary N) is 1. The van der Waals surface area contributed by atoms with Gasteiger partial charge in [0, 0.05) is 0 Å². The summed E-state index contributed by atoms with van der Waals surface area (Å²) >= 11 is 0. The molecule has 1 saturated heterocycles. The van der Waals surface area contributed by atoms with E-state index < -0.39 is 11.5 Å². The minimum atomic E-state index is -0.880. The van der Waals surface area contributed by atoms with Crippen LogP contribution in [0.4, 0.5) is 0 Å². The molecule has 18 heavy (non-hydrogen) atoms. The summed E-state index contributed by atoms with van der Waals surface area (Å²) in [5.74, 6) is -0.817. The van der Waals surface area contributed by atoms with E-state index in [1.54, 1.807) is 0 Å². The van der Waals surface area contributed by atoms with Crippen LogP contribution in [0, 0.1) is 0 Å². The van der Waals surface area contributed by atoms with Crippen LogP contribution in [0.5, 0.6) is 0 Å². The molecule has 0 amide bonds. The number of halogens is 1. The molecule has 0 aliphatic carbocycles. The second-order valence-electron chi connectivity index (χ2n) is 4.40. The minimum absolute atomic E-state index is 0. The van der Waals surface area contributed by atoms with Crippen molar-refractivity contribution in [1.29, 1.82) is 0 Å². The lowest BCUT2D eigenvalue weighted by Crippen LogP contribution is -2.51. The molecule has 1 fully saturated rings. The molecule has 0 unspecified atom stereocenters. The monoisotopic (exact) mass is 271 g/mol. The van der Waals surface area contributed by atoms with Gasteiger partial charge in [-0.05, 0) is 24.9 Å². The molecule has 1 aliphatic rings. The quantitative estimate of drug-likeness (QED) is 0.858. The van der Waals surface area contributed by atoms with Gasteiger partial charge in [0.05, 0.1) is 13.2 Å². The molecule has 1 heterocycles. The summed E-state index contributed by atoms with van der Waals surface area (Å²) in [4.78, 5) is 11.2. The third-order valence-corrected chi connectivity index (χ3v) is 3.11. The molecule has 1 aliphatic heterocycles. The summed E-state index contributed by atoms with van der Waals surface area (Å²) in [5.41, 5.74) is 0.181. The normalized spacial score (nSPS) is 22.4. The van der Waals surface area contributed by atoms with Gasteiger partial charge in [0.15, 0.2) is 0 Å². The minimum Gasteiger partial charge on any atom is -0.480 e. The van der Waals surface area contributed by atoms with Gasteiger partial charge in [0.1, 0.15) is 5.54 Å². The molecule has 4 nitrogen and oxygen atoms in total. The summed E-state index contributed by atoms with van der Waals surface area (Å²) in [5, 5.41) is 12.2. The van der Waals surface area contributed by atoms with Crippen LogP contribution in [0.1, 0.15) is 18.4 Å². The average Bonchev–Trinajstić information content (AvgIpc) is 2.80. The van der Waals surface area contributed by atoms with Crippen LogP contribution in [0.25, 0.3) is 0 Å². The fourth-order valence-electron chi connectivity index (χ4n) is 2.09. The molecule has 0 saturated carbocycles. The molecule has 2 N–H and O–H groups in total. The number of benzene rings is 1. The zero-order chi connectivity index (χ0) is 12.1. The van der Waals surface area contributed by atoms with Crippen LogP contribution >= 0.6 is 12.4 Å². The van der Waals surface area contributed by atoms with Crippen LogP contribution in [0.15, 0.2) is 30.3 Å². The first-order valence-corrected chi connectivity index (χ1v) is 5.83. The standard InChI is InChI=1S/C13H17NO3.ClH/c15-12(16)13(7-4-8-14-13)10-17-9-11-5-2-1-3-6-11;/h1-3,5-6,14H,4,7-10H2,(H,15,16);1H/t13-;/m1./s1. The molecule has 2 rings (SSSR count). The van der Waals surface area contributed by atoms with Crippen molar-refractivity contribution in [2.75, 3.05) is 13.2 Å². The van der Waals surface area contributed by atoms with E-state index in [-0.39, 0.29) is 19.0 Å². The number of carboxylic acids is 1. The third kappa shape index (κ3) is 3.45. The number of ether oxygens (including phenoxy) is 1. The number of aliphatic carboxylic acids is 1. The van der Waals surface area contributed by atoms with Crippen LogP contribution in [0.2, 0.25) is 0 Å². The Morgan fingerprint density at radius 1 is 1.39 bits per heavy atom. The summed E-state index contributed by atoms with van der Waals surface area (Å²) in [6.45, 7) is 1.43. The Balaban J connectivity index is 0.00000162. The molecule has 1 aromatic rings. The summed E-state index contributed by atoms with van der Waals surface area (Å²) in [6, 6.07) is 9.77. The van der Waals surface area contributed by atoms with E-state index in [1.807, 2.05) is 30.3 Å². The molecule has 0 radical (unpaired) electrons. The lowest BCUT2D eigenvalue weighted by atomic mass is 9.99. The molecule has 100 valence electrons. The lowest BCUT2D eigenvalue weighted by Gasteiger charge is -2.24. The third-order valence-electron chi connectivity index (χ3n) is 3.11. The highest BCUT2D eigenvalue weighted by Gasteiger charge is 2.41. The molecular weight excluding hydrogens is 254 g/mol. The fourth-order valence-corrected chi connectivity index (χ4v) is 2.09. The smallest absolute Gasteiger partial charge is 0.326 e. The predicted molar refractivity (Wildman–Crippen MR) is 70.9 cm³/mol. The maximum Gasteiger partial charge on any atom is 0.326 e. The first-order valence-electron chi connectivity index (χ1n) is 5.83. The molecule has 0 spiro atoms. The molecule has 5 heteroatoms. The Hall–Kier alpha value is -1.10. The van der Waals surface area contributed by atoms with Crippen molar-refractivity contribution in [3.05, 3.63) is 35.9 Å². The molecule has 0 aromatic heterocycles. The number of carbonyl (C=O) groups is 1. The van der Waals surface area contributed by atoms with Crippen molar-refractivity contribution >= 4 is 18.4 Å². The molecular formula is C13H18ClNO3. The van der Waals surface area contributed by atoms with Crippen molar-refractivity contribution in [3.8, 4) is 0 Å². The van der Waals surface area contributed by atoms with E-state index in [4.69, 9.17) is 4.74 Å². The summed E-state index contributed by atoms with van der Waals surface area (Å²) in [6.07, 6.45) is 1.53. The zero-order valence-electron chi connectivity index (χ0n) is 10.1. The van der Waals surface area contributed by atoms with E-state index in [1.165, 1.54) is 0 Å². The lowest BCUT2D eigenvalue weighted by molar-refractivity contribution is -0.147. The van der Waals surface area contributed by atoms with E-state index >= 15 is 0 Å². The highest BCUT2D eigenvalue weighted by molar-refractivity contribution is 5.85. The van der Waals surface area contributed by atoms with Gasteiger partial charge in [-0.3, -0.25) is 10.1 Å². The van der Waals surface area contributed by atoms with Gasteiger partial charge in [0.25, 0.3) is 0 Å². The Morgan fingerprint density at radius 2 is 2.11 bits per heavy atom. The van der Waals surface area contributed by atoms with Gasteiger partial charge in [-0.15, -0.1) is 12.4 Å². The van der Waals surface area contributed by atoms with Crippen LogP contribution in [-0.4, -0.2) is 29.8 Å². The Morgan fingerprint density at radius 3 is 2.67 bits per heavy atom. The van der Waals surface area contributed by atoms with Gasteiger partial charge < -0.3 is 9.84 Å². The summed E-state index contributed by atoms with van der Waals surface area (Å²) < 4.78 is 5.52. The molecule has 1 aromatic carbocycles. The van der Waals surface area contributed by atoms with Gasteiger partial charge >= 0.3 is 5.97 Å². The largest absolute Gasteiger partial charge is 0.480 e. The van der Waals surface area contributed by atoms with Gasteiger partial charge in [-0.1, -0.05) is 30.3 Å². The van der Waals surface area contributed by atoms with Crippen molar-refractivity contribution < 1.29 is 14.6 Å². The average molecular weight is 272 g/mol. The number of hydrogen-bond donors (Lipinski definition) is 2. The second-order valence-corrected chi connectivity index (χ2v) is 4.40. The summed E-state index contributed by atoms with van der Waals surface area (Å²) in [7, 11) is 0. The van der Waals surface area contributed by atoms with Gasteiger partial charge in [-0.25, -0.2) is 0 Å². The van der Waals surface area contributed by atoms with Crippen molar-refractivity contribution in [3.63, 3.8) is 0 Å². The number of hydrogen-bond acceptors (Lipinski definition) is 3. The maximum absolute atomic E-state index is 11.2. The van der Waals surface area contributed by atoms with Crippen molar-refractivity contribution in [1.82, 2.24) is 5.32 Å². The number of rotatable bonds is 5. The SMILES string of the molecule is Cl.O=C(O)[C@]1(COCc2ccccc2)CCCN1. The topological polar surface area (TPSA) is 58.6 Å².